The lowest BCUT2D eigenvalue weighted by atomic mass is 10.1. The molecule has 0 aliphatic carbocycles. The van der Waals surface area contributed by atoms with Gasteiger partial charge in [0.05, 0.1) is 24.6 Å². The standard InChI is InChI=1S/C17H18N2O3S/c20-16(11-18-17(21)15-7-4-10-23-15)19-8-9-22-14(12-19)13-5-2-1-3-6-13/h1-7,10,14H,8-9,11-12H2,(H,18,21). The highest BCUT2D eigenvalue weighted by Crippen LogP contribution is 2.21. The first-order valence-electron chi connectivity index (χ1n) is 7.50. The van der Waals surface area contributed by atoms with E-state index >= 15 is 0 Å². The first-order valence-corrected chi connectivity index (χ1v) is 8.38. The summed E-state index contributed by atoms with van der Waals surface area (Å²) in [7, 11) is 0. The number of hydrogen-bond acceptors (Lipinski definition) is 4. The van der Waals surface area contributed by atoms with E-state index in [9.17, 15) is 9.59 Å². The van der Waals surface area contributed by atoms with Gasteiger partial charge in [0.15, 0.2) is 0 Å². The molecule has 1 N–H and O–H groups in total. The topological polar surface area (TPSA) is 58.6 Å². The Bertz CT molecular complexity index is 658. The normalized spacial score (nSPS) is 17.7. The first kappa shape index (κ1) is 15.7. The lowest BCUT2D eigenvalue weighted by molar-refractivity contribution is -0.137. The number of amides is 2. The number of benzene rings is 1. The van der Waals surface area contributed by atoms with Gasteiger partial charge in [-0.25, -0.2) is 0 Å². The Hall–Kier alpha value is -2.18. The third-order valence-electron chi connectivity index (χ3n) is 3.74. The molecule has 2 aromatic rings. The molecule has 5 nitrogen and oxygen atoms in total. The van der Waals surface area contributed by atoms with E-state index in [1.54, 1.807) is 11.0 Å². The van der Waals surface area contributed by atoms with E-state index in [1.165, 1.54) is 11.3 Å². The smallest absolute Gasteiger partial charge is 0.261 e. The Kier molecular flexibility index (Phi) is 5.05. The van der Waals surface area contributed by atoms with E-state index in [2.05, 4.69) is 5.32 Å². The van der Waals surface area contributed by atoms with Crippen LogP contribution in [0, 0.1) is 0 Å². The molecule has 1 aromatic heterocycles. The van der Waals surface area contributed by atoms with E-state index in [0.29, 0.717) is 24.6 Å². The van der Waals surface area contributed by atoms with Crippen LogP contribution in [0.2, 0.25) is 0 Å². The largest absolute Gasteiger partial charge is 0.370 e. The van der Waals surface area contributed by atoms with Crippen LogP contribution in [0.25, 0.3) is 0 Å². The van der Waals surface area contributed by atoms with Gasteiger partial charge in [-0.15, -0.1) is 11.3 Å². The molecule has 0 spiro atoms. The predicted molar refractivity (Wildman–Crippen MR) is 88.4 cm³/mol. The van der Waals surface area contributed by atoms with Crippen molar-refractivity contribution in [1.29, 1.82) is 0 Å². The van der Waals surface area contributed by atoms with Crippen LogP contribution in [-0.4, -0.2) is 43.0 Å². The molecule has 3 rings (SSSR count). The molecule has 1 saturated heterocycles. The molecule has 0 saturated carbocycles. The highest BCUT2D eigenvalue weighted by molar-refractivity contribution is 7.12. The summed E-state index contributed by atoms with van der Waals surface area (Å²) in [6.45, 7) is 1.58. The molecule has 1 atom stereocenters. The summed E-state index contributed by atoms with van der Waals surface area (Å²) in [4.78, 5) is 26.5. The van der Waals surface area contributed by atoms with Crippen LogP contribution in [0.5, 0.6) is 0 Å². The molecule has 23 heavy (non-hydrogen) atoms. The second-order valence-electron chi connectivity index (χ2n) is 5.27. The van der Waals surface area contributed by atoms with Gasteiger partial charge in [-0.1, -0.05) is 36.4 Å². The molecule has 1 fully saturated rings. The van der Waals surface area contributed by atoms with Crippen molar-refractivity contribution < 1.29 is 14.3 Å². The first-order chi connectivity index (χ1) is 11.2. The van der Waals surface area contributed by atoms with Crippen LogP contribution in [0.15, 0.2) is 47.8 Å². The molecule has 2 heterocycles. The number of nitrogens with one attached hydrogen (secondary N) is 1. The van der Waals surface area contributed by atoms with E-state index in [0.717, 1.165) is 5.56 Å². The van der Waals surface area contributed by atoms with Crippen molar-refractivity contribution in [2.75, 3.05) is 26.2 Å². The van der Waals surface area contributed by atoms with Crippen molar-refractivity contribution in [3.63, 3.8) is 0 Å². The molecule has 1 aliphatic rings. The lowest BCUT2D eigenvalue weighted by Crippen LogP contribution is -2.46. The average Bonchev–Trinajstić information content (AvgIpc) is 3.15. The Morgan fingerprint density at radius 3 is 2.78 bits per heavy atom. The molecule has 120 valence electrons. The number of carbonyl (C=O) groups excluding carboxylic acids is 2. The SMILES string of the molecule is O=C(NCC(=O)N1CCOC(c2ccccc2)C1)c1cccs1. The monoisotopic (exact) mass is 330 g/mol. The second-order valence-corrected chi connectivity index (χ2v) is 6.22. The highest BCUT2D eigenvalue weighted by atomic mass is 32.1. The zero-order valence-corrected chi connectivity index (χ0v) is 13.4. The lowest BCUT2D eigenvalue weighted by Gasteiger charge is -2.33. The van der Waals surface area contributed by atoms with Gasteiger partial charge < -0.3 is 15.0 Å². The number of carbonyl (C=O) groups is 2. The fourth-order valence-corrected chi connectivity index (χ4v) is 3.15. The Morgan fingerprint density at radius 2 is 2.04 bits per heavy atom. The van der Waals surface area contributed by atoms with Crippen LogP contribution in [0.1, 0.15) is 21.3 Å². The molecule has 0 bridgehead atoms. The van der Waals surface area contributed by atoms with Crippen LogP contribution in [0.3, 0.4) is 0 Å². The van der Waals surface area contributed by atoms with Gasteiger partial charge >= 0.3 is 0 Å². The predicted octanol–water partition coefficient (Wildman–Crippen LogP) is 2.08. The van der Waals surface area contributed by atoms with Crippen LogP contribution in [0.4, 0.5) is 0 Å². The molecule has 1 aromatic carbocycles. The molecule has 1 unspecified atom stereocenters. The number of nitrogens with zero attached hydrogens (tertiary/aromatic N) is 1. The number of ether oxygens (including phenoxy) is 1. The summed E-state index contributed by atoms with van der Waals surface area (Å²) in [5, 5.41) is 4.51. The third kappa shape index (κ3) is 3.97. The van der Waals surface area contributed by atoms with Gasteiger partial charge in [-0.2, -0.15) is 0 Å². The van der Waals surface area contributed by atoms with Gasteiger partial charge in [0.2, 0.25) is 5.91 Å². The van der Waals surface area contributed by atoms with Gasteiger partial charge in [-0.05, 0) is 17.0 Å². The van der Waals surface area contributed by atoms with Crippen molar-refractivity contribution in [3.8, 4) is 0 Å². The molecular weight excluding hydrogens is 312 g/mol. The minimum absolute atomic E-state index is 0.0121. The molecular formula is C17H18N2O3S. The number of thiophene rings is 1. The van der Waals surface area contributed by atoms with Crippen molar-refractivity contribution in [2.45, 2.75) is 6.10 Å². The Morgan fingerprint density at radius 1 is 1.22 bits per heavy atom. The fraction of sp³-hybridized carbons (Fsp3) is 0.294. The van der Waals surface area contributed by atoms with E-state index < -0.39 is 0 Å². The molecule has 1 aliphatic heterocycles. The highest BCUT2D eigenvalue weighted by Gasteiger charge is 2.25. The third-order valence-corrected chi connectivity index (χ3v) is 4.60. The van der Waals surface area contributed by atoms with Crippen LogP contribution >= 0.6 is 11.3 Å². The van der Waals surface area contributed by atoms with E-state index in [1.807, 2.05) is 41.8 Å². The quantitative estimate of drug-likeness (QED) is 0.934. The van der Waals surface area contributed by atoms with Gasteiger partial charge in [0.1, 0.15) is 6.10 Å². The summed E-state index contributed by atoms with van der Waals surface area (Å²) < 4.78 is 5.75. The van der Waals surface area contributed by atoms with Crippen LogP contribution < -0.4 is 5.32 Å². The summed E-state index contributed by atoms with van der Waals surface area (Å²) >= 11 is 1.36. The Balaban J connectivity index is 1.54. The van der Waals surface area contributed by atoms with Crippen molar-refractivity contribution in [2.24, 2.45) is 0 Å². The fourth-order valence-electron chi connectivity index (χ4n) is 2.51. The maximum absolute atomic E-state index is 12.3. The van der Waals surface area contributed by atoms with Crippen LogP contribution in [-0.2, 0) is 9.53 Å². The average molecular weight is 330 g/mol. The zero-order valence-electron chi connectivity index (χ0n) is 12.6. The maximum atomic E-state index is 12.3. The Labute approximate surface area is 138 Å². The number of hydrogen-bond donors (Lipinski definition) is 1. The zero-order chi connectivity index (χ0) is 16.1. The van der Waals surface area contributed by atoms with Crippen molar-refractivity contribution >= 4 is 23.2 Å². The van der Waals surface area contributed by atoms with Gasteiger partial charge in [-0.3, -0.25) is 9.59 Å². The number of morpholine rings is 1. The summed E-state index contributed by atoms with van der Waals surface area (Å²) in [6, 6.07) is 13.4. The maximum Gasteiger partial charge on any atom is 0.261 e. The summed E-state index contributed by atoms with van der Waals surface area (Å²) in [5.41, 5.74) is 1.06. The second kappa shape index (κ2) is 7.39. The molecule has 2 amide bonds. The van der Waals surface area contributed by atoms with Gasteiger partial charge in [0, 0.05) is 6.54 Å². The minimum Gasteiger partial charge on any atom is -0.370 e. The number of rotatable bonds is 4. The van der Waals surface area contributed by atoms with E-state index in [4.69, 9.17) is 4.74 Å². The molecule has 0 radical (unpaired) electrons. The van der Waals surface area contributed by atoms with Gasteiger partial charge in [0.25, 0.3) is 5.91 Å². The molecule has 6 heteroatoms. The minimum atomic E-state index is -0.207. The van der Waals surface area contributed by atoms with Crippen molar-refractivity contribution in [3.05, 3.63) is 58.3 Å². The van der Waals surface area contributed by atoms with E-state index in [-0.39, 0.29) is 24.5 Å². The summed E-state index contributed by atoms with van der Waals surface area (Å²) in [6.07, 6.45) is -0.109. The van der Waals surface area contributed by atoms with Crippen molar-refractivity contribution in [1.82, 2.24) is 10.2 Å². The summed E-state index contributed by atoms with van der Waals surface area (Å²) in [5.74, 6) is -0.291.